The van der Waals surface area contributed by atoms with E-state index in [1.54, 1.807) is 6.07 Å². The molecule has 0 unspecified atom stereocenters. The maximum atomic E-state index is 10.8. The van der Waals surface area contributed by atoms with Gasteiger partial charge in [-0.15, -0.1) is 0 Å². The SMILES string of the molecule is C[C@@H](NCc1cc([N+](=O)[O-])ccc1Cl)c1ccc(Br)cc1. The molecule has 1 atom stereocenters. The predicted molar refractivity (Wildman–Crippen MR) is 87.5 cm³/mol. The molecule has 2 aromatic carbocycles. The highest BCUT2D eigenvalue weighted by molar-refractivity contribution is 9.10. The van der Waals surface area contributed by atoms with Crippen molar-refractivity contribution in [2.24, 2.45) is 0 Å². The monoisotopic (exact) mass is 368 g/mol. The van der Waals surface area contributed by atoms with Crippen molar-refractivity contribution >= 4 is 33.2 Å². The maximum Gasteiger partial charge on any atom is 0.269 e. The van der Waals surface area contributed by atoms with Crippen LogP contribution in [-0.4, -0.2) is 4.92 Å². The zero-order chi connectivity index (χ0) is 15.4. The van der Waals surface area contributed by atoms with Gasteiger partial charge in [-0.05, 0) is 36.2 Å². The fourth-order valence-corrected chi connectivity index (χ4v) is 2.39. The predicted octanol–water partition coefficient (Wildman–Crippen LogP) is 4.86. The normalized spacial score (nSPS) is 12.1. The molecule has 2 aromatic rings. The Morgan fingerprint density at radius 2 is 1.95 bits per heavy atom. The topological polar surface area (TPSA) is 55.2 Å². The first-order chi connectivity index (χ1) is 9.97. The van der Waals surface area contributed by atoms with E-state index in [2.05, 4.69) is 21.2 Å². The van der Waals surface area contributed by atoms with Gasteiger partial charge in [0.25, 0.3) is 5.69 Å². The molecule has 4 nitrogen and oxygen atoms in total. The smallest absolute Gasteiger partial charge is 0.269 e. The molecule has 0 spiro atoms. The molecule has 1 N–H and O–H groups in total. The first-order valence-electron chi connectivity index (χ1n) is 6.39. The summed E-state index contributed by atoms with van der Waals surface area (Å²) in [5.74, 6) is 0. The lowest BCUT2D eigenvalue weighted by molar-refractivity contribution is -0.384. The summed E-state index contributed by atoms with van der Waals surface area (Å²) in [6.07, 6.45) is 0. The third kappa shape index (κ3) is 4.27. The fourth-order valence-electron chi connectivity index (χ4n) is 1.94. The zero-order valence-electron chi connectivity index (χ0n) is 11.3. The summed E-state index contributed by atoms with van der Waals surface area (Å²) in [6, 6.07) is 12.6. The Morgan fingerprint density at radius 3 is 2.57 bits per heavy atom. The van der Waals surface area contributed by atoms with Gasteiger partial charge in [0.15, 0.2) is 0 Å². The summed E-state index contributed by atoms with van der Waals surface area (Å²) in [5, 5.41) is 14.6. The minimum Gasteiger partial charge on any atom is -0.306 e. The molecule has 0 amide bonds. The molecular weight excluding hydrogens is 356 g/mol. The van der Waals surface area contributed by atoms with Crippen LogP contribution in [0.3, 0.4) is 0 Å². The molecule has 0 aliphatic rings. The van der Waals surface area contributed by atoms with E-state index in [0.29, 0.717) is 11.6 Å². The highest BCUT2D eigenvalue weighted by atomic mass is 79.9. The molecule has 0 saturated carbocycles. The third-order valence-corrected chi connectivity index (χ3v) is 4.11. The van der Waals surface area contributed by atoms with Gasteiger partial charge in [-0.3, -0.25) is 10.1 Å². The summed E-state index contributed by atoms with van der Waals surface area (Å²) < 4.78 is 1.03. The van der Waals surface area contributed by atoms with Crippen molar-refractivity contribution in [2.75, 3.05) is 0 Å². The Balaban J connectivity index is 2.07. The number of hydrogen-bond donors (Lipinski definition) is 1. The Morgan fingerprint density at radius 1 is 1.29 bits per heavy atom. The lowest BCUT2D eigenvalue weighted by Crippen LogP contribution is -2.18. The lowest BCUT2D eigenvalue weighted by atomic mass is 10.1. The first kappa shape index (κ1) is 15.9. The summed E-state index contributed by atoms with van der Waals surface area (Å²) in [5.41, 5.74) is 1.90. The highest BCUT2D eigenvalue weighted by Gasteiger charge is 2.11. The molecule has 0 saturated heterocycles. The van der Waals surface area contributed by atoms with E-state index in [4.69, 9.17) is 11.6 Å². The molecule has 110 valence electrons. The lowest BCUT2D eigenvalue weighted by Gasteiger charge is -2.15. The zero-order valence-corrected chi connectivity index (χ0v) is 13.7. The van der Waals surface area contributed by atoms with Gasteiger partial charge in [0.1, 0.15) is 0 Å². The van der Waals surface area contributed by atoms with Crippen LogP contribution >= 0.6 is 27.5 Å². The second-order valence-electron chi connectivity index (χ2n) is 4.69. The van der Waals surface area contributed by atoms with Gasteiger partial charge >= 0.3 is 0 Å². The molecule has 6 heteroatoms. The van der Waals surface area contributed by atoms with Crippen molar-refractivity contribution in [1.29, 1.82) is 0 Å². The average molecular weight is 370 g/mol. The Bertz CT molecular complexity index is 647. The quantitative estimate of drug-likeness (QED) is 0.605. The number of nitro benzene ring substituents is 1. The summed E-state index contributed by atoms with van der Waals surface area (Å²) in [6.45, 7) is 2.51. The number of nitrogens with zero attached hydrogens (tertiary/aromatic N) is 1. The highest BCUT2D eigenvalue weighted by Crippen LogP contribution is 2.23. The van der Waals surface area contributed by atoms with E-state index in [1.165, 1.54) is 12.1 Å². The van der Waals surface area contributed by atoms with Crippen LogP contribution < -0.4 is 5.32 Å². The van der Waals surface area contributed by atoms with E-state index >= 15 is 0 Å². The van der Waals surface area contributed by atoms with Gasteiger partial charge in [0.2, 0.25) is 0 Å². The number of nitrogens with one attached hydrogen (secondary N) is 1. The van der Waals surface area contributed by atoms with Gasteiger partial charge in [-0.2, -0.15) is 0 Å². The molecule has 0 aromatic heterocycles. The average Bonchev–Trinajstić information content (AvgIpc) is 2.46. The van der Waals surface area contributed by atoms with Gasteiger partial charge in [0, 0.05) is 34.2 Å². The van der Waals surface area contributed by atoms with Crippen LogP contribution in [0, 0.1) is 10.1 Å². The molecule has 0 heterocycles. The van der Waals surface area contributed by atoms with Crippen LogP contribution in [0.2, 0.25) is 5.02 Å². The molecule has 0 radical (unpaired) electrons. The first-order valence-corrected chi connectivity index (χ1v) is 7.56. The molecule has 0 aliphatic carbocycles. The maximum absolute atomic E-state index is 10.8. The number of hydrogen-bond acceptors (Lipinski definition) is 3. The van der Waals surface area contributed by atoms with Crippen molar-refractivity contribution in [3.63, 3.8) is 0 Å². The molecule has 0 bridgehead atoms. The molecule has 0 aliphatic heterocycles. The van der Waals surface area contributed by atoms with Crippen molar-refractivity contribution < 1.29 is 4.92 Å². The number of non-ortho nitro benzene ring substituents is 1. The second kappa shape index (κ2) is 7.02. The molecule has 21 heavy (non-hydrogen) atoms. The molecule has 2 rings (SSSR count). The second-order valence-corrected chi connectivity index (χ2v) is 6.01. The van der Waals surface area contributed by atoms with Crippen LogP contribution in [0.15, 0.2) is 46.9 Å². The van der Waals surface area contributed by atoms with Gasteiger partial charge in [-0.1, -0.05) is 39.7 Å². The summed E-state index contributed by atoms with van der Waals surface area (Å²) in [4.78, 5) is 10.4. The molecular formula is C15H14BrClN2O2. The summed E-state index contributed by atoms with van der Waals surface area (Å²) in [7, 11) is 0. The van der Waals surface area contributed by atoms with Crippen LogP contribution in [-0.2, 0) is 6.54 Å². The van der Waals surface area contributed by atoms with Crippen LogP contribution in [0.25, 0.3) is 0 Å². The van der Waals surface area contributed by atoms with Crippen LogP contribution in [0.4, 0.5) is 5.69 Å². The summed E-state index contributed by atoms with van der Waals surface area (Å²) >= 11 is 9.48. The van der Waals surface area contributed by atoms with Crippen LogP contribution in [0.5, 0.6) is 0 Å². The number of rotatable bonds is 5. The minimum absolute atomic E-state index is 0.0486. The van der Waals surface area contributed by atoms with Crippen molar-refractivity contribution in [3.8, 4) is 0 Å². The van der Waals surface area contributed by atoms with E-state index in [9.17, 15) is 10.1 Å². The number of halogens is 2. The van der Waals surface area contributed by atoms with E-state index in [-0.39, 0.29) is 11.7 Å². The largest absolute Gasteiger partial charge is 0.306 e. The fraction of sp³-hybridized carbons (Fsp3) is 0.200. The molecule has 0 fully saturated rings. The van der Waals surface area contributed by atoms with Crippen molar-refractivity contribution in [1.82, 2.24) is 5.32 Å². The van der Waals surface area contributed by atoms with Gasteiger partial charge < -0.3 is 5.32 Å². The standard InChI is InChI=1S/C15H14BrClN2O2/c1-10(11-2-4-13(16)5-3-11)18-9-12-8-14(19(20)21)6-7-15(12)17/h2-8,10,18H,9H2,1H3/t10-/m1/s1. The van der Waals surface area contributed by atoms with Gasteiger partial charge in [0.05, 0.1) is 4.92 Å². The van der Waals surface area contributed by atoms with Crippen molar-refractivity contribution in [2.45, 2.75) is 19.5 Å². The number of benzene rings is 2. The Labute approximate surface area is 136 Å². The van der Waals surface area contributed by atoms with E-state index < -0.39 is 4.92 Å². The Hall–Kier alpha value is -1.43. The Kier molecular flexibility index (Phi) is 5.33. The van der Waals surface area contributed by atoms with E-state index in [0.717, 1.165) is 15.6 Å². The van der Waals surface area contributed by atoms with Crippen LogP contribution in [0.1, 0.15) is 24.1 Å². The van der Waals surface area contributed by atoms with Crippen molar-refractivity contribution in [3.05, 3.63) is 73.2 Å². The van der Waals surface area contributed by atoms with E-state index in [1.807, 2.05) is 31.2 Å². The third-order valence-electron chi connectivity index (χ3n) is 3.21. The number of nitro groups is 1. The minimum atomic E-state index is -0.419. The van der Waals surface area contributed by atoms with Gasteiger partial charge in [-0.25, -0.2) is 0 Å².